The van der Waals surface area contributed by atoms with Crippen LogP contribution in [0.4, 0.5) is 21.2 Å². The minimum atomic E-state index is -0.993. The molecule has 2 atom stereocenters. The molecule has 2 aromatic heterocycles. The molecule has 2 heterocycles. The van der Waals surface area contributed by atoms with E-state index in [-0.39, 0.29) is 144 Å². The van der Waals surface area contributed by atoms with E-state index in [9.17, 15) is 38.4 Å². The summed E-state index contributed by atoms with van der Waals surface area (Å²) in [5.74, 6) is -1.82. The Morgan fingerprint density at radius 2 is 1.12 bits per heavy atom. The first-order valence-corrected chi connectivity index (χ1v) is 26.8. The molecule has 81 heavy (non-hydrogen) atoms. The molecule has 0 aliphatic carbocycles. The minimum Gasteiger partial charge on any atom is -0.481 e. The molecule has 0 saturated carbocycles. The van der Waals surface area contributed by atoms with Gasteiger partial charge in [-0.05, 0) is 142 Å². The van der Waals surface area contributed by atoms with Crippen molar-refractivity contribution in [2.45, 2.75) is 143 Å². The summed E-state index contributed by atoms with van der Waals surface area (Å²) in [5, 5.41) is 10.9. The standard InChI is InChI=1S/C28H36BrN3O6.C18H26N2O5.C10H10BrClO2.CH4.BH2.H3N.U/c1-19-11-12-30-24(14-19)32(27(36)38-28(2,3)4)13-7-10-25(34)31-18-23(33)16-21(17-26(35)37-5)20-8-6-9-22(29)15-20;1-13-9-10-19-15(12-13)20(17(24)25-18(2,3)4)11-5-6-14(21)7-8-16(22)23;1-14-10(13)6-9(12)7-3-2-4-8(11)5-7;;;;/h6,8-9,11-12,14-15,21H,7,10,13,16-18H2,1-5H3,(H,31,34);9-10,12H,5-8,11H2,1-4H3,(H,22,23);2-5,9H,6H2,1H3;1H4;1H2;1H3;/t21-;;9-;;;;/m0.0..../s1/i;;;;1T2;;. The number of carboxylic acids is 1. The predicted molar refractivity (Wildman–Crippen MR) is 321 cm³/mol. The number of ether oxygens (including phenoxy) is 4. The summed E-state index contributed by atoms with van der Waals surface area (Å²) in [6.07, 6.45) is 3.38. The smallest absolute Gasteiger partial charge is 0.416 e. The van der Waals surface area contributed by atoms with E-state index >= 15 is 0 Å². The van der Waals surface area contributed by atoms with Gasteiger partial charge in [0.15, 0.2) is 5.78 Å². The fraction of sp³-hybridized carbons (Fsp3) is 0.474. The summed E-state index contributed by atoms with van der Waals surface area (Å²) in [5.41, 5.74) is 2.31. The van der Waals surface area contributed by atoms with Gasteiger partial charge in [0, 0.05) is 97.1 Å². The van der Waals surface area contributed by atoms with Gasteiger partial charge < -0.3 is 35.5 Å². The maximum Gasteiger partial charge on any atom is 0.416 e. The van der Waals surface area contributed by atoms with Crippen LogP contribution >= 0.6 is 43.5 Å². The number of Topliss-reactive ketones (excluding diaryl/α,β-unsaturated/α-hetero) is 2. The van der Waals surface area contributed by atoms with Crippen molar-refractivity contribution in [2.75, 3.05) is 43.7 Å². The van der Waals surface area contributed by atoms with Crippen molar-refractivity contribution in [3.8, 4) is 0 Å². The number of esters is 2. The Morgan fingerprint density at radius 1 is 0.679 bits per heavy atom. The summed E-state index contributed by atoms with van der Waals surface area (Å²) in [6, 6.07) is 22.2. The average molecular weight is 1510 g/mol. The van der Waals surface area contributed by atoms with Crippen LogP contribution in [-0.2, 0) is 47.7 Å². The zero-order chi connectivity index (χ0) is 60.6. The van der Waals surface area contributed by atoms with Crippen LogP contribution in [0.15, 0.2) is 94.1 Å². The van der Waals surface area contributed by atoms with Crippen LogP contribution in [0, 0.1) is 45.0 Å². The van der Waals surface area contributed by atoms with Crippen molar-refractivity contribution >= 4 is 111 Å². The summed E-state index contributed by atoms with van der Waals surface area (Å²) < 4.78 is 33.5. The zero-order valence-corrected chi connectivity index (χ0v) is 55.4. The van der Waals surface area contributed by atoms with E-state index in [1.807, 2.05) is 74.5 Å². The molecule has 0 aliphatic heterocycles. The van der Waals surface area contributed by atoms with Gasteiger partial charge in [0.05, 0.1) is 53.7 Å². The maximum atomic E-state index is 12.8. The number of hydrogen-bond donors (Lipinski definition) is 3. The molecule has 3 amide bonds. The number of rotatable bonds is 23. The molecule has 0 fully saturated rings. The van der Waals surface area contributed by atoms with Crippen LogP contribution in [0.5, 0.6) is 0 Å². The predicted octanol–water partition coefficient (Wildman–Crippen LogP) is 11.6. The quantitative estimate of drug-likeness (QED) is 0.0269. The molecule has 5 N–H and O–H groups in total. The van der Waals surface area contributed by atoms with Crippen molar-refractivity contribution < 1.29 is 93.5 Å². The van der Waals surface area contributed by atoms with Crippen LogP contribution < -0.4 is 21.3 Å². The number of aryl methyl sites for hydroxylation is 2. The molecular formula is C57H81BBr2ClN6O13U. The van der Waals surface area contributed by atoms with E-state index in [2.05, 4.69) is 51.9 Å². The number of aromatic nitrogens is 2. The molecule has 0 spiro atoms. The van der Waals surface area contributed by atoms with E-state index in [0.717, 1.165) is 31.2 Å². The first-order chi connectivity index (χ1) is 37.5. The van der Waals surface area contributed by atoms with Crippen molar-refractivity contribution in [1.29, 1.82) is 2.67 Å². The molecule has 0 aliphatic rings. The van der Waals surface area contributed by atoms with Crippen LogP contribution in [0.2, 0.25) is 0 Å². The molecule has 2 aromatic carbocycles. The maximum absolute atomic E-state index is 12.8. The van der Waals surface area contributed by atoms with Gasteiger partial charge in [0.1, 0.15) is 28.6 Å². The van der Waals surface area contributed by atoms with E-state index < -0.39 is 35.3 Å². The Balaban J connectivity index is -0.00000122. The van der Waals surface area contributed by atoms with Gasteiger partial charge in [-0.1, -0.05) is 63.6 Å². The van der Waals surface area contributed by atoms with Crippen LogP contribution in [0.1, 0.15) is 140 Å². The Bertz CT molecular complexity index is 2660. The molecule has 445 valence electrons. The van der Waals surface area contributed by atoms with Gasteiger partial charge >= 0.3 is 30.1 Å². The third kappa shape index (κ3) is 34.8. The van der Waals surface area contributed by atoms with Crippen LogP contribution in [-0.4, -0.2) is 119 Å². The molecule has 0 bridgehead atoms. The molecular weight excluding hydrogens is 1420 g/mol. The van der Waals surface area contributed by atoms with E-state index in [1.54, 1.807) is 66.1 Å². The number of pyridine rings is 2. The number of halogens is 3. The first-order valence-electron chi connectivity index (χ1n) is 25.9. The fourth-order valence-corrected chi connectivity index (χ4v) is 7.90. The number of aliphatic carboxylic acids is 1. The van der Waals surface area contributed by atoms with Crippen LogP contribution in [0.25, 0.3) is 0 Å². The Hall–Kier alpha value is -5.17. The molecule has 4 aromatic rings. The molecule has 1 radical (unpaired) electrons. The number of methoxy groups -OCH3 is 2. The second kappa shape index (κ2) is 40.9. The number of carbonyl (C=O) groups excluding carboxylic acids is 7. The number of hydrogen-bond acceptors (Lipinski definition) is 15. The van der Waals surface area contributed by atoms with E-state index in [0.29, 0.717) is 32.8 Å². The van der Waals surface area contributed by atoms with Gasteiger partial charge in [-0.15, -0.1) is 11.6 Å². The zero-order valence-electron chi connectivity index (χ0n) is 49.3. The van der Waals surface area contributed by atoms with Crippen molar-refractivity contribution in [3.63, 3.8) is 0 Å². The topological polar surface area (TPSA) is 273 Å². The number of benzene rings is 2. The fourth-order valence-electron chi connectivity index (χ4n) is 6.81. The van der Waals surface area contributed by atoms with E-state index in [4.69, 9.17) is 33.6 Å². The Morgan fingerprint density at radius 3 is 1.56 bits per heavy atom. The Labute approximate surface area is 528 Å². The number of nitrogens with zero attached hydrogens (tertiary/aromatic N) is 4. The van der Waals surface area contributed by atoms with Gasteiger partial charge in [-0.25, -0.2) is 19.6 Å². The van der Waals surface area contributed by atoms with Gasteiger partial charge in [0.2, 0.25) is 5.91 Å². The molecule has 24 heteroatoms. The van der Waals surface area contributed by atoms with Gasteiger partial charge in [-0.3, -0.25) is 38.6 Å². The number of ketones is 2. The second-order valence-electron chi connectivity index (χ2n) is 19.6. The van der Waals surface area contributed by atoms with Gasteiger partial charge in [-0.2, -0.15) is 0 Å². The number of anilines is 2. The Kier molecular flexibility index (Phi) is 38.3. The summed E-state index contributed by atoms with van der Waals surface area (Å²) >= 11 is 12.8. The summed E-state index contributed by atoms with van der Waals surface area (Å²) in [6.45, 7) is 14.8. The minimum absolute atomic E-state index is 0. The van der Waals surface area contributed by atoms with Crippen LogP contribution in [0.3, 0.4) is 0 Å². The SMILES string of the molecule is C.COC(=O)C[C@H](CC(=O)CNC(=O)CCCN(C(=O)OC(C)(C)C)c1cc(C)ccn1)c1cccc(Br)c1.COC(=O)C[C@H](Cl)c1cccc(Br)c1.Cc1ccnc(N(CCCC(=O)CCC(=O)O)C(=O)OC(C)(C)C)c1.N.[3H][B][3H].[U]. The largest absolute Gasteiger partial charge is 0.481 e. The summed E-state index contributed by atoms with van der Waals surface area (Å²) in [7, 11) is 3.16. The number of carboxylic acid groups (broad SMARTS) is 1. The first kappa shape index (κ1) is 75.8. The third-order valence-electron chi connectivity index (χ3n) is 10.5. The number of amides is 3. The molecule has 0 saturated heterocycles. The number of alkyl halides is 1. The van der Waals surface area contributed by atoms with E-state index in [1.165, 1.54) is 24.0 Å². The van der Waals surface area contributed by atoms with Crippen molar-refractivity contribution in [2.24, 2.45) is 0 Å². The van der Waals surface area contributed by atoms with Crippen molar-refractivity contribution in [3.05, 3.63) is 116 Å². The van der Waals surface area contributed by atoms with Gasteiger partial charge in [0.25, 0.3) is 0 Å². The molecule has 19 nitrogen and oxygen atoms in total. The number of carbonyl (C=O) groups is 8. The normalized spacial score (nSPS) is 11.3. The monoisotopic (exact) mass is 1500 g/mol. The van der Waals surface area contributed by atoms with Crippen molar-refractivity contribution in [1.82, 2.24) is 21.4 Å². The molecule has 0 unspecified atom stereocenters. The second-order valence-corrected chi connectivity index (χ2v) is 22.0. The summed E-state index contributed by atoms with van der Waals surface area (Å²) in [4.78, 5) is 107. The molecule has 4 rings (SSSR count). The number of nitrogens with one attached hydrogen (secondary N) is 1. The third-order valence-corrected chi connectivity index (χ3v) is 11.9. The average Bonchev–Trinajstić information content (AvgIpc) is 3.36.